The zero-order valence-corrected chi connectivity index (χ0v) is 18.3. The maximum Gasteiger partial charge on any atom is 0.252 e. The molecule has 4 aromatic rings. The first-order valence-corrected chi connectivity index (χ1v) is 10.9. The molecule has 8 heteroatoms. The average molecular weight is 441 g/mol. The molecule has 8 nitrogen and oxygen atoms in total. The van der Waals surface area contributed by atoms with Gasteiger partial charge in [0.1, 0.15) is 17.3 Å². The van der Waals surface area contributed by atoms with E-state index < -0.39 is 5.92 Å². The Bertz CT molecular complexity index is 1360. The summed E-state index contributed by atoms with van der Waals surface area (Å²) in [6, 6.07) is 18.3. The van der Waals surface area contributed by atoms with Crippen molar-refractivity contribution in [3.8, 4) is 17.4 Å². The molecular weight excluding hydrogens is 418 g/mol. The molecule has 5 rings (SSSR count). The highest BCUT2D eigenvalue weighted by molar-refractivity contribution is 5.99. The summed E-state index contributed by atoms with van der Waals surface area (Å²) in [4.78, 5) is 33.1. The number of amides is 1. The molecule has 0 atom stereocenters. The third-order valence-electron chi connectivity index (χ3n) is 5.51. The molecule has 0 saturated heterocycles. The Kier molecular flexibility index (Phi) is 5.26. The van der Waals surface area contributed by atoms with Crippen molar-refractivity contribution in [2.24, 2.45) is 0 Å². The lowest BCUT2D eigenvalue weighted by Crippen LogP contribution is -2.26. The van der Waals surface area contributed by atoms with E-state index in [1.165, 1.54) is 10.7 Å². The van der Waals surface area contributed by atoms with Crippen molar-refractivity contribution < 1.29 is 9.53 Å². The molecule has 1 aliphatic heterocycles. The Morgan fingerprint density at radius 3 is 2.42 bits per heavy atom. The fourth-order valence-electron chi connectivity index (χ4n) is 4.12. The van der Waals surface area contributed by atoms with Crippen LogP contribution in [0.3, 0.4) is 0 Å². The lowest BCUT2D eigenvalue weighted by atomic mass is 9.87. The lowest BCUT2D eigenvalue weighted by molar-refractivity contribution is -0.116. The second kappa shape index (κ2) is 8.38. The first kappa shape index (κ1) is 20.7. The number of aryl methyl sites for hydroxylation is 2. The minimum Gasteiger partial charge on any atom is -0.457 e. The molecular formula is C25H23N5O3. The number of carbonyl (C=O) groups is 1. The molecule has 0 spiro atoms. The number of nitrogens with zero attached hydrogens (tertiary/aromatic N) is 3. The van der Waals surface area contributed by atoms with Gasteiger partial charge in [-0.25, -0.2) is 4.98 Å². The highest BCUT2D eigenvalue weighted by Gasteiger charge is 2.33. The maximum absolute atomic E-state index is 13.6. The van der Waals surface area contributed by atoms with E-state index in [1.807, 2.05) is 62.4 Å². The second-order valence-electron chi connectivity index (χ2n) is 7.99. The quantitative estimate of drug-likeness (QED) is 0.486. The second-order valence-corrected chi connectivity index (χ2v) is 7.99. The molecule has 0 bridgehead atoms. The van der Waals surface area contributed by atoms with E-state index in [2.05, 4.69) is 20.4 Å². The number of hydrogen-bond donors (Lipinski definition) is 2. The SMILES string of the molecule is CCCc1cc(=O)[nH]c(-n2nc(C)cc2NC(=O)C2c3ccccc3Oc3ccccc32)n1. The first-order chi connectivity index (χ1) is 16.0. The molecule has 0 unspecified atom stereocenters. The minimum absolute atomic E-state index is 0.230. The topological polar surface area (TPSA) is 102 Å². The summed E-state index contributed by atoms with van der Waals surface area (Å²) in [6.45, 7) is 3.84. The third kappa shape index (κ3) is 3.91. The number of carbonyl (C=O) groups excluding carboxylic acids is 1. The number of para-hydroxylation sites is 2. The van der Waals surface area contributed by atoms with Crippen molar-refractivity contribution in [3.05, 3.63) is 93.5 Å². The van der Waals surface area contributed by atoms with Gasteiger partial charge in [0.2, 0.25) is 11.9 Å². The van der Waals surface area contributed by atoms with E-state index in [-0.39, 0.29) is 17.4 Å². The van der Waals surface area contributed by atoms with E-state index in [9.17, 15) is 9.59 Å². The lowest BCUT2D eigenvalue weighted by Gasteiger charge is -2.27. The van der Waals surface area contributed by atoms with Crippen LogP contribution in [0.5, 0.6) is 11.5 Å². The number of ether oxygens (including phenoxy) is 1. The average Bonchev–Trinajstić information content (AvgIpc) is 3.17. The number of anilines is 1. The van der Waals surface area contributed by atoms with E-state index >= 15 is 0 Å². The predicted molar refractivity (Wildman–Crippen MR) is 124 cm³/mol. The monoisotopic (exact) mass is 441 g/mol. The van der Waals surface area contributed by atoms with Gasteiger partial charge in [-0.1, -0.05) is 49.7 Å². The van der Waals surface area contributed by atoms with E-state index in [4.69, 9.17) is 4.74 Å². The van der Waals surface area contributed by atoms with Gasteiger partial charge < -0.3 is 10.1 Å². The van der Waals surface area contributed by atoms with Crippen molar-refractivity contribution >= 4 is 11.7 Å². The van der Waals surface area contributed by atoms with Crippen LogP contribution < -0.4 is 15.6 Å². The Hall–Kier alpha value is -4.20. The van der Waals surface area contributed by atoms with Crippen molar-refractivity contribution in [1.29, 1.82) is 0 Å². The fraction of sp³-hybridized carbons (Fsp3) is 0.200. The summed E-state index contributed by atoms with van der Waals surface area (Å²) in [6.07, 6.45) is 1.54. The van der Waals surface area contributed by atoms with Gasteiger partial charge in [0.15, 0.2) is 0 Å². The molecule has 1 amide bonds. The van der Waals surface area contributed by atoms with Gasteiger partial charge in [0.05, 0.1) is 11.6 Å². The van der Waals surface area contributed by atoms with Crippen LogP contribution in [0.15, 0.2) is 65.5 Å². The van der Waals surface area contributed by atoms with Crippen LogP contribution in [0.1, 0.15) is 41.8 Å². The van der Waals surface area contributed by atoms with Gasteiger partial charge in [0, 0.05) is 29.0 Å². The molecule has 3 heterocycles. The maximum atomic E-state index is 13.6. The Morgan fingerprint density at radius 2 is 1.76 bits per heavy atom. The molecule has 166 valence electrons. The third-order valence-corrected chi connectivity index (χ3v) is 5.51. The van der Waals surface area contributed by atoms with Crippen molar-refractivity contribution in [2.45, 2.75) is 32.6 Å². The molecule has 0 fully saturated rings. The molecule has 2 N–H and O–H groups in total. The number of benzene rings is 2. The van der Waals surface area contributed by atoms with Gasteiger partial charge in [-0.2, -0.15) is 9.78 Å². The number of aromatic amines is 1. The highest BCUT2D eigenvalue weighted by Crippen LogP contribution is 2.44. The van der Waals surface area contributed by atoms with Crippen molar-refractivity contribution in [3.63, 3.8) is 0 Å². The molecule has 2 aromatic carbocycles. The zero-order valence-electron chi connectivity index (χ0n) is 18.3. The van der Waals surface area contributed by atoms with E-state index in [0.29, 0.717) is 35.1 Å². The van der Waals surface area contributed by atoms with Crippen LogP contribution >= 0.6 is 0 Å². The van der Waals surface area contributed by atoms with Crippen LogP contribution in [-0.4, -0.2) is 25.7 Å². The Labute approximate surface area is 190 Å². The number of hydrogen-bond acceptors (Lipinski definition) is 5. The van der Waals surface area contributed by atoms with Crippen LogP contribution in [0.25, 0.3) is 5.95 Å². The minimum atomic E-state index is -0.562. The first-order valence-electron chi connectivity index (χ1n) is 10.9. The largest absolute Gasteiger partial charge is 0.457 e. The number of rotatable bonds is 5. The Balaban J connectivity index is 1.54. The molecule has 2 aromatic heterocycles. The standard InChI is InChI=1S/C25H23N5O3/c1-3-8-16-14-22(31)28-25(26-16)30-21(13-15(2)29-30)27-24(32)23-17-9-4-6-11-19(17)33-20-12-7-5-10-18(20)23/h4-7,9-14,23H,3,8H2,1-2H3,(H,27,32)(H,26,28,31). The number of fused-ring (bicyclic) bond motifs is 2. The van der Waals surface area contributed by atoms with Gasteiger partial charge in [-0.15, -0.1) is 0 Å². The van der Waals surface area contributed by atoms with Crippen LogP contribution in [-0.2, 0) is 11.2 Å². The molecule has 0 radical (unpaired) electrons. The summed E-state index contributed by atoms with van der Waals surface area (Å²) >= 11 is 0. The Morgan fingerprint density at radius 1 is 1.09 bits per heavy atom. The summed E-state index contributed by atoms with van der Waals surface area (Å²) in [5, 5.41) is 7.45. The predicted octanol–water partition coefficient (Wildman–Crippen LogP) is 4.09. The zero-order chi connectivity index (χ0) is 22.9. The summed E-state index contributed by atoms with van der Waals surface area (Å²) in [5.74, 6) is 1.20. The number of nitrogens with one attached hydrogen (secondary N) is 2. The highest BCUT2D eigenvalue weighted by atomic mass is 16.5. The number of H-pyrrole nitrogens is 1. The number of aromatic nitrogens is 4. The van der Waals surface area contributed by atoms with Gasteiger partial charge >= 0.3 is 0 Å². The fourth-order valence-corrected chi connectivity index (χ4v) is 4.12. The smallest absolute Gasteiger partial charge is 0.252 e. The van der Waals surface area contributed by atoms with Crippen LogP contribution in [0, 0.1) is 6.92 Å². The summed E-state index contributed by atoms with van der Waals surface area (Å²) < 4.78 is 7.47. The summed E-state index contributed by atoms with van der Waals surface area (Å²) in [5.41, 5.74) is 2.66. The summed E-state index contributed by atoms with van der Waals surface area (Å²) in [7, 11) is 0. The van der Waals surface area contributed by atoms with E-state index in [1.54, 1.807) is 6.07 Å². The molecule has 1 aliphatic rings. The van der Waals surface area contributed by atoms with E-state index in [0.717, 1.165) is 17.5 Å². The van der Waals surface area contributed by atoms with Gasteiger partial charge in [0.25, 0.3) is 5.56 Å². The van der Waals surface area contributed by atoms with Crippen molar-refractivity contribution in [1.82, 2.24) is 19.7 Å². The molecule has 0 aliphatic carbocycles. The normalized spacial score (nSPS) is 12.5. The van der Waals surface area contributed by atoms with Crippen LogP contribution in [0.2, 0.25) is 0 Å². The molecule has 33 heavy (non-hydrogen) atoms. The van der Waals surface area contributed by atoms with Crippen LogP contribution in [0.4, 0.5) is 5.82 Å². The molecule has 0 saturated carbocycles. The van der Waals surface area contributed by atoms with Crippen molar-refractivity contribution in [2.75, 3.05) is 5.32 Å². The van der Waals surface area contributed by atoms with Gasteiger partial charge in [-0.05, 0) is 25.5 Å². The van der Waals surface area contributed by atoms with Gasteiger partial charge in [-0.3, -0.25) is 14.6 Å².